The lowest BCUT2D eigenvalue weighted by Gasteiger charge is -2.27. The molecule has 1 heterocycles. The van der Waals surface area contributed by atoms with Crippen LogP contribution in [0.3, 0.4) is 0 Å². The molecule has 1 N–H and O–H groups in total. The molecule has 0 saturated carbocycles. The largest absolute Gasteiger partial charge is 0.444 e. The number of carbonyl (C=O) groups excluding carboxylic acids is 4. The normalized spacial score (nSPS) is 11.5. The van der Waals surface area contributed by atoms with E-state index in [1.807, 2.05) is 0 Å². The SMILES string of the molecule is CC(C)(C)OC(=O)NC(C)(C)c1cn(C(=O)OC(C)(C)C)cn1.O=C=O. The van der Waals surface area contributed by atoms with Crippen molar-refractivity contribution in [1.82, 2.24) is 14.9 Å². The van der Waals surface area contributed by atoms with Crippen LogP contribution in [0.15, 0.2) is 12.5 Å². The van der Waals surface area contributed by atoms with Crippen molar-refractivity contribution >= 4 is 18.3 Å². The predicted octanol–water partition coefficient (Wildman–Crippen LogP) is 2.84. The molecule has 0 aromatic carbocycles. The summed E-state index contributed by atoms with van der Waals surface area (Å²) in [6.45, 7) is 14.3. The number of imidazole rings is 1. The molecule has 0 atom stereocenters. The Bertz CT molecular complexity index is 659. The van der Waals surface area contributed by atoms with Crippen molar-refractivity contribution in [3.8, 4) is 0 Å². The molecule has 0 radical (unpaired) electrons. The summed E-state index contributed by atoms with van der Waals surface area (Å²) in [4.78, 5) is 44.3. The van der Waals surface area contributed by atoms with E-state index in [2.05, 4.69) is 10.3 Å². The maximum atomic E-state index is 12.0. The van der Waals surface area contributed by atoms with Crippen LogP contribution in [0.4, 0.5) is 9.59 Å². The van der Waals surface area contributed by atoms with Gasteiger partial charge in [-0.2, -0.15) is 9.59 Å². The average Bonchev–Trinajstić information content (AvgIpc) is 2.84. The zero-order valence-electron chi connectivity index (χ0n) is 16.5. The monoisotopic (exact) mass is 369 g/mol. The summed E-state index contributed by atoms with van der Waals surface area (Å²) in [5.41, 5.74) is -1.45. The van der Waals surface area contributed by atoms with E-state index in [0.29, 0.717) is 5.69 Å². The van der Waals surface area contributed by atoms with Crippen molar-refractivity contribution in [2.75, 3.05) is 0 Å². The van der Waals surface area contributed by atoms with Crippen LogP contribution in [0, 0.1) is 0 Å². The molecule has 146 valence electrons. The first-order valence-electron chi connectivity index (χ1n) is 7.89. The van der Waals surface area contributed by atoms with E-state index < -0.39 is 28.9 Å². The Kier molecular flexibility index (Phi) is 7.74. The molecule has 0 spiro atoms. The van der Waals surface area contributed by atoms with Gasteiger partial charge < -0.3 is 14.8 Å². The molecule has 0 aliphatic rings. The Morgan fingerprint density at radius 3 is 1.88 bits per heavy atom. The number of carbonyl (C=O) groups is 2. The smallest absolute Gasteiger partial charge is 0.419 e. The first-order valence-corrected chi connectivity index (χ1v) is 7.89. The van der Waals surface area contributed by atoms with Crippen LogP contribution in [0.1, 0.15) is 61.1 Å². The summed E-state index contributed by atoms with van der Waals surface area (Å²) in [6.07, 6.45) is 2.08. The van der Waals surface area contributed by atoms with E-state index in [9.17, 15) is 9.59 Å². The van der Waals surface area contributed by atoms with Gasteiger partial charge >= 0.3 is 18.3 Å². The van der Waals surface area contributed by atoms with Gasteiger partial charge in [0.05, 0.1) is 11.2 Å². The third-order valence-electron chi connectivity index (χ3n) is 2.64. The summed E-state index contributed by atoms with van der Waals surface area (Å²) in [7, 11) is 0. The molecule has 1 rings (SSSR count). The lowest BCUT2D eigenvalue weighted by Crippen LogP contribution is -2.44. The van der Waals surface area contributed by atoms with Crippen LogP contribution < -0.4 is 5.32 Å². The molecule has 0 bridgehead atoms. The first-order chi connectivity index (χ1) is 11.6. The van der Waals surface area contributed by atoms with Gasteiger partial charge in [0.1, 0.15) is 17.5 Å². The van der Waals surface area contributed by atoms with Crippen LogP contribution in [-0.4, -0.2) is 39.1 Å². The lowest BCUT2D eigenvalue weighted by atomic mass is 10.0. The van der Waals surface area contributed by atoms with Gasteiger partial charge in [0, 0.05) is 6.20 Å². The number of nitrogens with one attached hydrogen (secondary N) is 1. The minimum Gasteiger partial charge on any atom is -0.444 e. The van der Waals surface area contributed by atoms with Crippen LogP contribution in [0.5, 0.6) is 0 Å². The fraction of sp³-hybridized carbons (Fsp3) is 0.647. The van der Waals surface area contributed by atoms with Crippen molar-refractivity contribution < 1.29 is 28.7 Å². The van der Waals surface area contributed by atoms with E-state index in [1.54, 1.807) is 55.4 Å². The van der Waals surface area contributed by atoms with Gasteiger partial charge in [-0.15, -0.1) is 0 Å². The number of ether oxygens (including phenoxy) is 2. The molecule has 1 amide bonds. The Balaban J connectivity index is 0.00000194. The maximum Gasteiger partial charge on any atom is 0.419 e. The molecular weight excluding hydrogens is 342 g/mol. The number of hydrogen-bond donors (Lipinski definition) is 1. The molecule has 0 unspecified atom stereocenters. The van der Waals surface area contributed by atoms with Crippen LogP contribution >= 0.6 is 0 Å². The summed E-state index contributed by atoms with van der Waals surface area (Å²) >= 11 is 0. The molecule has 26 heavy (non-hydrogen) atoms. The molecule has 0 aliphatic carbocycles. The molecule has 9 heteroatoms. The minimum atomic E-state index is -0.796. The van der Waals surface area contributed by atoms with Crippen molar-refractivity contribution in [2.24, 2.45) is 0 Å². The molecule has 0 aliphatic heterocycles. The highest BCUT2D eigenvalue weighted by Crippen LogP contribution is 2.20. The fourth-order valence-electron chi connectivity index (χ4n) is 1.68. The van der Waals surface area contributed by atoms with Gasteiger partial charge in [-0.25, -0.2) is 19.1 Å². The van der Waals surface area contributed by atoms with Crippen LogP contribution in [0.25, 0.3) is 0 Å². The number of rotatable bonds is 2. The molecule has 0 fully saturated rings. The lowest BCUT2D eigenvalue weighted by molar-refractivity contribution is -0.191. The molecule has 0 saturated heterocycles. The van der Waals surface area contributed by atoms with Crippen molar-refractivity contribution in [1.29, 1.82) is 0 Å². The number of hydrogen-bond acceptors (Lipinski definition) is 7. The highest BCUT2D eigenvalue weighted by Gasteiger charge is 2.29. The predicted molar refractivity (Wildman–Crippen MR) is 91.3 cm³/mol. The standard InChI is InChI=1S/C16H27N3O4.CO2/c1-14(2,3)22-12(20)18-16(7,8)11-9-19(10-17-11)13(21)23-15(4,5)6;2-1-3/h9-10H,1-8H3,(H,18,20);. The summed E-state index contributed by atoms with van der Waals surface area (Å²) in [5.74, 6) is 0. The van der Waals surface area contributed by atoms with E-state index in [4.69, 9.17) is 19.1 Å². The van der Waals surface area contributed by atoms with Crippen molar-refractivity contribution in [3.05, 3.63) is 18.2 Å². The Morgan fingerprint density at radius 1 is 1.00 bits per heavy atom. The summed E-state index contributed by atoms with van der Waals surface area (Å²) < 4.78 is 11.8. The van der Waals surface area contributed by atoms with Crippen molar-refractivity contribution in [2.45, 2.75) is 72.1 Å². The Hall–Kier alpha value is -2.67. The zero-order chi connectivity index (χ0) is 20.8. The van der Waals surface area contributed by atoms with Gasteiger partial charge in [-0.05, 0) is 55.4 Å². The number of aromatic nitrogens is 2. The second-order valence-electron chi connectivity index (χ2n) is 7.98. The van der Waals surface area contributed by atoms with Crippen LogP contribution in [0.2, 0.25) is 0 Å². The number of alkyl carbamates (subject to hydrolysis) is 1. The van der Waals surface area contributed by atoms with E-state index >= 15 is 0 Å². The zero-order valence-corrected chi connectivity index (χ0v) is 16.5. The number of nitrogens with zero attached hydrogens (tertiary/aromatic N) is 2. The molecular formula is C17H27N3O6. The highest BCUT2D eigenvalue weighted by molar-refractivity contribution is 5.71. The van der Waals surface area contributed by atoms with E-state index in [-0.39, 0.29) is 6.15 Å². The van der Waals surface area contributed by atoms with Crippen LogP contribution in [-0.2, 0) is 24.6 Å². The highest BCUT2D eigenvalue weighted by atomic mass is 16.6. The third kappa shape index (κ3) is 8.98. The topological polar surface area (TPSA) is 117 Å². The average molecular weight is 369 g/mol. The van der Waals surface area contributed by atoms with Crippen molar-refractivity contribution in [3.63, 3.8) is 0 Å². The Labute approximate surface area is 153 Å². The van der Waals surface area contributed by atoms with E-state index in [1.165, 1.54) is 17.1 Å². The molecule has 9 nitrogen and oxygen atoms in total. The van der Waals surface area contributed by atoms with Gasteiger partial charge in [0.25, 0.3) is 0 Å². The fourth-order valence-corrected chi connectivity index (χ4v) is 1.68. The van der Waals surface area contributed by atoms with Gasteiger partial charge in [-0.1, -0.05) is 0 Å². The second-order valence-corrected chi connectivity index (χ2v) is 7.98. The van der Waals surface area contributed by atoms with Gasteiger partial charge in [0.2, 0.25) is 0 Å². The molecule has 1 aromatic rings. The van der Waals surface area contributed by atoms with Gasteiger partial charge in [0.15, 0.2) is 0 Å². The quantitative estimate of drug-likeness (QED) is 0.852. The number of amides is 1. The second kappa shape index (κ2) is 8.62. The Morgan fingerprint density at radius 2 is 1.46 bits per heavy atom. The minimum absolute atomic E-state index is 0.250. The molecule has 1 aromatic heterocycles. The summed E-state index contributed by atoms with van der Waals surface area (Å²) in [6, 6.07) is 0. The first kappa shape index (κ1) is 23.3. The maximum absolute atomic E-state index is 12.0. The summed E-state index contributed by atoms with van der Waals surface area (Å²) in [5, 5.41) is 2.74. The van der Waals surface area contributed by atoms with E-state index in [0.717, 1.165) is 0 Å². The third-order valence-corrected chi connectivity index (χ3v) is 2.64. The van der Waals surface area contributed by atoms with Gasteiger partial charge in [-0.3, -0.25) is 0 Å².